The van der Waals surface area contributed by atoms with Crippen LogP contribution in [0.15, 0.2) is 28.7 Å². The lowest BCUT2D eigenvalue weighted by Gasteiger charge is -2.38. The molecule has 0 radical (unpaired) electrons. The minimum atomic E-state index is -0.657. The van der Waals surface area contributed by atoms with E-state index >= 15 is 0 Å². The van der Waals surface area contributed by atoms with Crippen molar-refractivity contribution in [2.75, 3.05) is 12.4 Å². The van der Waals surface area contributed by atoms with Crippen molar-refractivity contribution in [2.45, 2.75) is 37.3 Å². The van der Waals surface area contributed by atoms with Gasteiger partial charge in [0.25, 0.3) is 0 Å². The summed E-state index contributed by atoms with van der Waals surface area (Å²) in [6.07, 6.45) is 3.33. The molecule has 2 rings (SSSR count). The monoisotopic (exact) mass is 326 g/mol. The van der Waals surface area contributed by atoms with Crippen LogP contribution in [-0.4, -0.2) is 24.7 Å². The molecule has 5 heteroatoms. The molecule has 1 aliphatic carbocycles. The molecule has 0 aromatic heterocycles. The Morgan fingerprint density at radius 2 is 2.16 bits per heavy atom. The first kappa shape index (κ1) is 14.3. The fourth-order valence-electron chi connectivity index (χ4n) is 2.60. The third kappa shape index (κ3) is 3.28. The number of carbonyl (C=O) groups excluding carboxylic acids is 1. The summed E-state index contributed by atoms with van der Waals surface area (Å²) in [6, 6.07) is 7.77. The smallest absolute Gasteiger partial charge is 0.243 e. The second-order valence-electron chi connectivity index (χ2n) is 5.02. The van der Waals surface area contributed by atoms with Crippen LogP contribution in [0.5, 0.6) is 0 Å². The summed E-state index contributed by atoms with van der Waals surface area (Å²) in [5.41, 5.74) is 5.87. The van der Waals surface area contributed by atoms with Crippen LogP contribution in [0.3, 0.4) is 0 Å². The van der Waals surface area contributed by atoms with Crippen LogP contribution in [0.1, 0.15) is 25.7 Å². The summed E-state index contributed by atoms with van der Waals surface area (Å²) in [6.45, 7) is 0. The average molecular weight is 327 g/mol. The van der Waals surface area contributed by atoms with Gasteiger partial charge in [-0.25, -0.2) is 0 Å². The summed E-state index contributed by atoms with van der Waals surface area (Å²) < 4.78 is 6.32. The Kier molecular flexibility index (Phi) is 4.47. The van der Waals surface area contributed by atoms with Gasteiger partial charge in [-0.15, -0.1) is 0 Å². The van der Waals surface area contributed by atoms with Gasteiger partial charge in [0.2, 0.25) is 5.91 Å². The number of methoxy groups -OCH3 is 1. The summed E-state index contributed by atoms with van der Waals surface area (Å²) >= 11 is 3.43. The Bertz CT molecular complexity index is 457. The van der Waals surface area contributed by atoms with Gasteiger partial charge in [0.05, 0.1) is 6.10 Å². The van der Waals surface area contributed by atoms with Gasteiger partial charge in [-0.3, -0.25) is 4.79 Å². The summed E-state index contributed by atoms with van der Waals surface area (Å²) in [5.74, 6) is -0.290. The molecule has 104 valence electrons. The van der Waals surface area contributed by atoms with Crippen LogP contribution in [0, 0.1) is 0 Å². The number of halogens is 1. The Morgan fingerprint density at radius 3 is 2.68 bits per heavy atom. The molecule has 0 spiro atoms. The van der Waals surface area contributed by atoms with E-state index in [4.69, 9.17) is 10.5 Å². The molecule has 0 aliphatic heterocycles. The van der Waals surface area contributed by atoms with E-state index in [-0.39, 0.29) is 12.0 Å². The molecule has 1 saturated carbocycles. The average Bonchev–Trinajstić information content (AvgIpc) is 2.39. The molecule has 1 aliphatic rings. The summed E-state index contributed by atoms with van der Waals surface area (Å²) in [7, 11) is 1.71. The van der Waals surface area contributed by atoms with Crippen LogP contribution >= 0.6 is 15.9 Å². The summed E-state index contributed by atoms with van der Waals surface area (Å²) in [5, 5.41) is 3.32. The number of hydrogen-bond donors (Lipinski definition) is 2. The molecule has 0 bridgehead atoms. The number of amides is 1. The number of rotatable bonds is 4. The number of carbonyl (C=O) groups is 1. The summed E-state index contributed by atoms with van der Waals surface area (Å²) in [4.78, 5) is 11.9. The lowest BCUT2D eigenvalue weighted by molar-refractivity contribution is -0.124. The highest BCUT2D eigenvalue weighted by molar-refractivity contribution is 9.10. The van der Waals surface area contributed by atoms with Crippen LogP contribution in [-0.2, 0) is 9.53 Å². The second kappa shape index (κ2) is 5.92. The van der Waals surface area contributed by atoms with E-state index in [1.54, 1.807) is 7.11 Å². The maximum atomic E-state index is 11.9. The van der Waals surface area contributed by atoms with Crippen molar-refractivity contribution in [3.8, 4) is 0 Å². The Hall–Kier alpha value is -1.07. The SMILES string of the molecule is COC1CCC(Nc2cccc(Br)c2)(C(N)=O)CC1. The molecule has 19 heavy (non-hydrogen) atoms. The molecule has 0 saturated heterocycles. The number of nitrogens with two attached hydrogens (primary N) is 1. The number of anilines is 1. The third-order valence-electron chi connectivity index (χ3n) is 3.80. The molecule has 1 aromatic rings. The molecular weight excluding hydrogens is 308 g/mol. The maximum absolute atomic E-state index is 11.9. The van der Waals surface area contributed by atoms with Crippen LogP contribution in [0.25, 0.3) is 0 Å². The lowest BCUT2D eigenvalue weighted by atomic mass is 9.79. The highest BCUT2D eigenvalue weighted by Crippen LogP contribution is 2.33. The molecule has 4 nitrogen and oxygen atoms in total. The molecule has 0 heterocycles. The zero-order valence-electron chi connectivity index (χ0n) is 11.0. The van der Waals surface area contributed by atoms with Gasteiger partial charge < -0.3 is 15.8 Å². The number of ether oxygens (including phenoxy) is 1. The van der Waals surface area contributed by atoms with Crippen molar-refractivity contribution in [3.05, 3.63) is 28.7 Å². The van der Waals surface area contributed by atoms with Gasteiger partial charge >= 0.3 is 0 Å². The predicted molar refractivity (Wildman–Crippen MR) is 79.0 cm³/mol. The van der Waals surface area contributed by atoms with E-state index in [1.165, 1.54) is 0 Å². The number of hydrogen-bond acceptors (Lipinski definition) is 3. The van der Waals surface area contributed by atoms with Gasteiger partial charge in [-0.05, 0) is 43.9 Å². The van der Waals surface area contributed by atoms with Crippen molar-refractivity contribution < 1.29 is 9.53 Å². The quantitative estimate of drug-likeness (QED) is 0.894. The normalized spacial score (nSPS) is 26.9. The Labute approximate surface area is 121 Å². The first-order valence-electron chi connectivity index (χ1n) is 6.42. The molecule has 1 amide bonds. The fraction of sp³-hybridized carbons (Fsp3) is 0.500. The van der Waals surface area contributed by atoms with Gasteiger partial charge in [0.1, 0.15) is 5.54 Å². The van der Waals surface area contributed by atoms with Gasteiger partial charge in [0.15, 0.2) is 0 Å². The standard InChI is InChI=1S/C14H19BrN2O2/c1-19-12-5-7-14(8-6-12,13(16)18)17-11-4-2-3-10(15)9-11/h2-4,9,12,17H,5-8H2,1H3,(H2,16,18). The van der Waals surface area contributed by atoms with Crippen molar-refractivity contribution >= 4 is 27.5 Å². The molecule has 1 aromatic carbocycles. The van der Waals surface area contributed by atoms with Crippen LogP contribution in [0.2, 0.25) is 0 Å². The fourth-order valence-corrected chi connectivity index (χ4v) is 2.99. The number of primary amides is 1. The van der Waals surface area contributed by atoms with Gasteiger partial charge in [0, 0.05) is 17.3 Å². The van der Waals surface area contributed by atoms with Crippen molar-refractivity contribution in [3.63, 3.8) is 0 Å². The van der Waals surface area contributed by atoms with Crippen molar-refractivity contribution in [1.29, 1.82) is 0 Å². The highest BCUT2D eigenvalue weighted by atomic mass is 79.9. The van der Waals surface area contributed by atoms with Crippen LogP contribution < -0.4 is 11.1 Å². The van der Waals surface area contributed by atoms with E-state index in [0.29, 0.717) is 12.8 Å². The minimum absolute atomic E-state index is 0.233. The molecule has 0 atom stereocenters. The number of nitrogens with one attached hydrogen (secondary N) is 1. The van der Waals surface area contributed by atoms with Crippen LogP contribution in [0.4, 0.5) is 5.69 Å². The minimum Gasteiger partial charge on any atom is -0.381 e. The topological polar surface area (TPSA) is 64.3 Å². The second-order valence-corrected chi connectivity index (χ2v) is 5.93. The van der Waals surface area contributed by atoms with E-state index in [1.807, 2.05) is 24.3 Å². The molecular formula is C14H19BrN2O2. The van der Waals surface area contributed by atoms with E-state index in [2.05, 4.69) is 21.2 Å². The van der Waals surface area contributed by atoms with E-state index in [0.717, 1.165) is 23.0 Å². The largest absolute Gasteiger partial charge is 0.381 e. The van der Waals surface area contributed by atoms with Gasteiger partial charge in [-0.2, -0.15) is 0 Å². The predicted octanol–water partition coefficient (Wildman–Crippen LogP) is 2.67. The Balaban J connectivity index is 2.15. The van der Waals surface area contributed by atoms with Crippen molar-refractivity contribution in [2.24, 2.45) is 5.73 Å². The van der Waals surface area contributed by atoms with E-state index < -0.39 is 5.54 Å². The Morgan fingerprint density at radius 1 is 1.47 bits per heavy atom. The van der Waals surface area contributed by atoms with Gasteiger partial charge in [-0.1, -0.05) is 22.0 Å². The lowest BCUT2D eigenvalue weighted by Crippen LogP contribution is -2.53. The first-order chi connectivity index (χ1) is 9.05. The van der Waals surface area contributed by atoms with E-state index in [9.17, 15) is 4.79 Å². The molecule has 3 N–H and O–H groups in total. The number of benzene rings is 1. The molecule has 0 unspecified atom stereocenters. The van der Waals surface area contributed by atoms with Crippen molar-refractivity contribution in [1.82, 2.24) is 0 Å². The third-order valence-corrected chi connectivity index (χ3v) is 4.29. The first-order valence-corrected chi connectivity index (χ1v) is 7.21. The molecule has 1 fully saturated rings. The maximum Gasteiger partial charge on any atom is 0.243 e. The zero-order valence-corrected chi connectivity index (χ0v) is 12.6. The highest BCUT2D eigenvalue weighted by Gasteiger charge is 2.40. The zero-order chi connectivity index (χ0) is 13.9.